The van der Waals surface area contributed by atoms with Crippen LogP contribution >= 0.6 is 0 Å². The number of aromatic nitrogens is 2. The minimum atomic E-state index is -0.590. The van der Waals surface area contributed by atoms with Gasteiger partial charge in [-0.1, -0.05) is 0 Å². The third-order valence-corrected chi connectivity index (χ3v) is 2.36. The van der Waals surface area contributed by atoms with Crippen molar-refractivity contribution in [2.45, 2.75) is 0 Å². The third-order valence-electron chi connectivity index (χ3n) is 2.36. The van der Waals surface area contributed by atoms with Crippen molar-refractivity contribution in [1.82, 2.24) is 9.97 Å². The van der Waals surface area contributed by atoms with Gasteiger partial charge in [0.2, 0.25) is 11.9 Å². The monoisotopic (exact) mass is 273 g/mol. The first-order valence-electron chi connectivity index (χ1n) is 5.44. The lowest BCUT2D eigenvalue weighted by molar-refractivity contribution is 0.100. The molecule has 102 valence electrons. The van der Waals surface area contributed by atoms with E-state index in [2.05, 4.69) is 20.2 Å². The van der Waals surface area contributed by atoms with Crippen LogP contribution in [0, 0.1) is 0 Å². The Labute approximate surface area is 112 Å². The number of carbonyl (C=O) groups excluding carboxylic acids is 1. The molecule has 2 aromatic rings. The van der Waals surface area contributed by atoms with Gasteiger partial charge in [-0.2, -0.15) is 10.1 Å². The molecule has 2 rings (SSSR count). The van der Waals surface area contributed by atoms with Crippen LogP contribution in [0.5, 0.6) is 0 Å². The molecule has 0 saturated carbocycles. The van der Waals surface area contributed by atoms with Gasteiger partial charge < -0.3 is 17.2 Å². The first-order valence-corrected chi connectivity index (χ1v) is 5.44. The first-order chi connectivity index (χ1) is 9.47. The van der Waals surface area contributed by atoms with Gasteiger partial charge in [0.05, 0.1) is 5.69 Å². The predicted molar refractivity (Wildman–Crippen MR) is 72.8 cm³/mol. The maximum atomic E-state index is 11.6. The van der Waals surface area contributed by atoms with E-state index in [0.717, 1.165) is 0 Å². The summed E-state index contributed by atoms with van der Waals surface area (Å²) in [6.45, 7) is 0. The number of amides is 1. The van der Waals surface area contributed by atoms with Gasteiger partial charge in [0, 0.05) is 5.56 Å². The third kappa shape index (κ3) is 2.77. The molecule has 9 nitrogen and oxygen atoms in total. The standard InChI is InChI=1S/C11H11N7O2/c12-8-7(10(20)16-11(14)15-8)18-17-6-3-1-5(2-4-6)9(13)19/h1-4H,(H2,13,19)(H5,12,14,15,16,20). The van der Waals surface area contributed by atoms with Crippen molar-refractivity contribution in [1.29, 1.82) is 0 Å². The van der Waals surface area contributed by atoms with Gasteiger partial charge in [-0.05, 0) is 24.3 Å². The molecular weight excluding hydrogens is 262 g/mol. The molecule has 0 radical (unpaired) electrons. The van der Waals surface area contributed by atoms with Crippen LogP contribution in [-0.4, -0.2) is 15.9 Å². The second kappa shape index (κ2) is 5.18. The van der Waals surface area contributed by atoms with Gasteiger partial charge in [0.1, 0.15) is 0 Å². The fraction of sp³-hybridized carbons (Fsp3) is 0. The van der Waals surface area contributed by atoms with E-state index in [4.69, 9.17) is 17.2 Å². The number of hydrogen-bond donors (Lipinski definition) is 4. The van der Waals surface area contributed by atoms with Crippen molar-refractivity contribution in [3.8, 4) is 0 Å². The molecule has 0 aliphatic heterocycles. The van der Waals surface area contributed by atoms with E-state index in [0.29, 0.717) is 11.3 Å². The average molecular weight is 273 g/mol. The minimum Gasteiger partial charge on any atom is -0.382 e. The van der Waals surface area contributed by atoms with Gasteiger partial charge in [-0.25, -0.2) is 0 Å². The van der Waals surface area contributed by atoms with Crippen LogP contribution in [0.1, 0.15) is 10.4 Å². The molecule has 0 aliphatic rings. The number of nitrogens with two attached hydrogens (primary N) is 3. The maximum Gasteiger partial charge on any atom is 0.282 e. The van der Waals surface area contributed by atoms with Crippen molar-refractivity contribution in [2.24, 2.45) is 16.0 Å². The van der Waals surface area contributed by atoms with Crippen molar-refractivity contribution in [3.63, 3.8) is 0 Å². The second-order valence-electron chi connectivity index (χ2n) is 3.80. The number of rotatable bonds is 3. The fourth-order valence-electron chi connectivity index (χ4n) is 1.40. The van der Waals surface area contributed by atoms with Crippen molar-refractivity contribution in [2.75, 3.05) is 11.5 Å². The molecule has 0 bridgehead atoms. The van der Waals surface area contributed by atoms with E-state index in [1.165, 1.54) is 24.3 Å². The molecule has 1 aromatic carbocycles. The Balaban J connectivity index is 2.30. The largest absolute Gasteiger partial charge is 0.382 e. The number of benzene rings is 1. The Kier molecular flexibility index (Phi) is 3.42. The smallest absolute Gasteiger partial charge is 0.282 e. The van der Waals surface area contributed by atoms with Crippen molar-refractivity contribution in [3.05, 3.63) is 40.2 Å². The molecular formula is C11H11N7O2. The number of anilines is 2. The molecule has 0 unspecified atom stereocenters. The average Bonchev–Trinajstić information content (AvgIpc) is 2.38. The number of nitrogens with zero attached hydrogens (tertiary/aromatic N) is 3. The number of carbonyl (C=O) groups is 1. The number of nitrogen functional groups attached to an aromatic ring is 2. The highest BCUT2D eigenvalue weighted by atomic mass is 16.1. The topological polar surface area (TPSA) is 166 Å². The van der Waals surface area contributed by atoms with Crippen LogP contribution in [0.15, 0.2) is 39.3 Å². The van der Waals surface area contributed by atoms with Crippen molar-refractivity contribution < 1.29 is 4.79 Å². The molecule has 20 heavy (non-hydrogen) atoms. The van der Waals surface area contributed by atoms with Gasteiger partial charge in [0.15, 0.2) is 11.5 Å². The summed E-state index contributed by atoms with van der Waals surface area (Å²) in [7, 11) is 0. The fourth-order valence-corrected chi connectivity index (χ4v) is 1.40. The van der Waals surface area contributed by atoms with Gasteiger partial charge in [0.25, 0.3) is 5.56 Å². The summed E-state index contributed by atoms with van der Waals surface area (Å²) < 4.78 is 0. The van der Waals surface area contributed by atoms with Crippen molar-refractivity contribution >= 4 is 29.0 Å². The van der Waals surface area contributed by atoms with Crippen LogP contribution in [-0.2, 0) is 0 Å². The molecule has 1 amide bonds. The zero-order valence-electron chi connectivity index (χ0n) is 10.2. The Morgan fingerprint density at radius 2 is 1.80 bits per heavy atom. The second-order valence-corrected chi connectivity index (χ2v) is 3.80. The minimum absolute atomic E-state index is 0.0998. The van der Waals surface area contributed by atoms with E-state index in [-0.39, 0.29) is 17.5 Å². The van der Waals surface area contributed by atoms with Crippen LogP contribution in [0.4, 0.5) is 23.1 Å². The number of primary amides is 1. The van der Waals surface area contributed by atoms with Gasteiger partial charge >= 0.3 is 0 Å². The number of H-pyrrole nitrogens is 1. The number of azo groups is 1. The quantitative estimate of drug-likeness (QED) is 0.595. The first kappa shape index (κ1) is 13.2. The number of hydrogen-bond acceptors (Lipinski definition) is 7. The summed E-state index contributed by atoms with van der Waals surface area (Å²) in [5.74, 6) is -0.766. The van der Waals surface area contributed by atoms with Gasteiger partial charge in [-0.3, -0.25) is 14.6 Å². The van der Waals surface area contributed by atoms with Gasteiger partial charge in [-0.15, -0.1) is 5.11 Å². The molecule has 0 fully saturated rings. The highest BCUT2D eigenvalue weighted by Gasteiger charge is 2.06. The molecule has 0 saturated heterocycles. The predicted octanol–water partition coefficient (Wildman–Crippen LogP) is 0.449. The number of aromatic amines is 1. The number of nitrogens with one attached hydrogen (secondary N) is 1. The molecule has 0 aliphatic carbocycles. The summed E-state index contributed by atoms with van der Waals surface area (Å²) in [6, 6.07) is 6.04. The van der Waals surface area contributed by atoms with E-state index in [1.54, 1.807) is 0 Å². The zero-order valence-corrected chi connectivity index (χ0v) is 10.2. The zero-order chi connectivity index (χ0) is 14.7. The van der Waals surface area contributed by atoms with Crippen LogP contribution < -0.4 is 22.8 Å². The van der Waals surface area contributed by atoms with Crippen LogP contribution in [0.2, 0.25) is 0 Å². The van der Waals surface area contributed by atoms with E-state index in [1.807, 2.05) is 0 Å². The molecule has 9 heteroatoms. The Bertz CT molecular complexity index is 733. The van der Waals surface area contributed by atoms with Crippen LogP contribution in [0.25, 0.3) is 0 Å². The summed E-state index contributed by atoms with van der Waals surface area (Å²) >= 11 is 0. The molecule has 1 aromatic heterocycles. The Morgan fingerprint density at radius 1 is 1.15 bits per heavy atom. The molecule has 0 spiro atoms. The summed E-state index contributed by atoms with van der Waals surface area (Å²) in [5.41, 5.74) is 16.0. The van der Waals surface area contributed by atoms with E-state index < -0.39 is 11.5 Å². The highest BCUT2D eigenvalue weighted by Crippen LogP contribution is 2.19. The van der Waals surface area contributed by atoms with E-state index >= 15 is 0 Å². The summed E-state index contributed by atoms with van der Waals surface area (Å²) in [6.07, 6.45) is 0. The Morgan fingerprint density at radius 3 is 2.35 bits per heavy atom. The highest BCUT2D eigenvalue weighted by molar-refractivity contribution is 5.92. The SMILES string of the molecule is NC(=O)c1ccc(N=Nc2c(N)nc(N)[nH]c2=O)cc1. The lowest BCUT2D eigenvalue weighted by Gasteiger charge is -1.99. The Hall–Kier alpha value is -3.23. The summed E-state index contributed by atoms with van der Waals surface area (Å²) in [4.78, 5) is 28.4. The summed E-state index contributed by atoms with van der Waals surface area (Å²) in [5, 5.41) is 7.53. The molecule has 0 atom stereocenters. The lowest BCUT2D eigenvalue weighted by atomic mass is 10.2. The van der Waals surface area contributed by atoms with Crippen LogP contribution in [0.3, 0.4) is 0 Å². The maximum absolute atomic E-state index is 11.6. The van der Waals surface area contributed by atoms with E-state index in [9.17, 15) is 9.59 Å². The molecule has 7 N–H and O–H groups in total. The normalized spacial score (nSPS) is 10.8. The molecule has 1 heterocycles. The lowest BCUT2D eigenvalue weighted by Crippen LogP contribution is -2.12.